The van der Waals surface area contributed by atoms with Crippen LogP contribution in [0, 0.1) is 0 Å². The minimum atomic E-state index is -0.965. The van der Waals surface area contributed by atoms with Crippen molar-refractivity contribution >= 4 is 57.2 Å². The molecule has 2 heterocycles. The number of hydrogen-bond acceptors (Lipinski definition) is 6. The third kappa shape index (κ3) is 4.75. The first kappa shape index (κ1) is 23.8. The van der Waals surface area contributed by atoms with E-state index in [4.69, 9.17) is 22.1 Å². The number of carboxylic acids is 1. The number of rotatable bonds is 7. The van der Waals surface area contributed by atoms with Gasteiger partial charge in [-0.05, 0) is 65.6 Å². The van der Waals surface area contributed by atoms with Crippen molar-refractivity contribution in [2.24, 2.45) is 0 Å². The smallest absolute Gasteiger partial charge is 0.335 e. The molecular formula is C27H21N3O4S2. The van der Waals surface area contributed by atoms with Crippen molar-refractivity contribution in [3.05, 3.63) is 88.5 Å². The van der Waals surface area contributed by atoms with Gasteiger partial charge in [-0.15, -0.1) is 0 Å². The Kier molecular flexibility index (Phi) is 6.58. The summed E-state index contributed by atoms with van der Waals surface area (Å²) in [5, 5.41) is 17.1. The Bertz CT molecular complexity index is 1530. The predicted octanol–water partition coefficient (Wildman–Crippen LogP) is 5.38. The van der Waals surface area contributed by atoms with Crippen molar-refractivity contribution in [3.8, 4) is 16.9 Å². The molecule has 3 aromatic carbocycles. The highest BCUT2D eigenvalue weighted by Crippen LogP contribution is 2.36. The molecule has 1 saturated heterocycles. The lowest BCUT2D eigenvalue weighted by atomic mass is 10.0. The molecule has 180 valence electrons. The van der Waals surface area contributed by atoms with Crippen molar-refractivity contribution in [3.63, 3.8) is 0 Å². The zero-order valence-corrected chi connectivity index (χ0v) is 20.9. The zero-order valence-electron chi connectivity index (χ0n) is 19.2. The first-order valence-electron chi connectivity index (χ1n) is 11.1. The largest absolute Gasteiger partial charge is 0.496 e. The van der Waals surface area contributed by atoms with Crippen molar-refractivity contribution in [2.45, 2.75) is 6.42 Å². The van der Waals surface area contributed by atoms with Gasteiger partial charge in [0.1, 0.15) is 10.1 Å². The molecule has 4 aromatic rings. The average molecular weight is 516 g/mol. The number of H-pyrrole nitrogens is 1. The number of nitrogens with zero attached hydrogens (tertiary/aromatic N) is 2. The second-order valence-electron chi connectivity index (χ2n) is 8.22. The maximum atomic E-state index is 13.1. The van der Waals surface area contributed by atoms with Crippen molar-refractivity contribution < 1.29 is 19.4 Å². The van der Waals surface area contributed by atoms with E-state index in [2.05, 4.69) is 10.2 Å². The fourth-order valence-corrected chi connectivity index (χ4v) is 5.36. The predicted molar refractivity (Wildman–Crippen MR) is 145 cm³/mol. The highest BCUT2D eigenvalue weighted by Gasteiger charge is 2.31. The van der Waals surface area contributed by atoms with E-state index in [1.165, 1.54) is 11.8 Å². The van der Waals surface area contributed by atoms with E-state index >= 15 is 0 Å². The van der Waals surface area contributed by atoms with Crippen molar-refractivity contribution in [2.75, 3.05) is 13.7 Å². The van der Waals surface area contributed by atoms with Crippen LogP contribution < -0.4 is 4.74 Å². The molecule has 36 heavy (non-hydrogen) atoms. The Labute approximate surface area is 216 Å². The molecule has 0 spiro atoms. The van der Waals surface area contributed by atoms with Gasteiger partial charge in [0.2, 0.25) is 0 Å². The SMILES string of the molecule is COc1ccc(/C=C2\SC(=S)N(CCc3ccc(C(=O)O)cc3)C2=O)cc1-c1ccc2[nH]ncc2c1. The van der Waals surface area contributed by atoms with Gasteiger partial charge in [0, 0.05) is 17.5 Å². The molecule has 1 aromatic heterocycles. The summed E-state index contributed by atoms with van der Waals surface area (Å²) < 4.78 is 6.10. The van der Waals surface area contributed by atoms with Gasteiger partial charge in [-0.1, -0.05) is 48.2 Å². The molecule has 0 radical (unpaired) electrons. The molecule has 5 rings (SSSR count). The normalized spacial score (nSPS) is 14.7. The van der Waals surface area contributed by atoms with Gasteiger partial charge in [-0.2, -0.15) is 5.10 Å². The van der Waals surface area contributed by atoms with Gasteiger partial charge < -0.3 is 9.84 Å². The number of fused-ring (bicyclic) bond motifs is 1. The number of amides is 1. The molecular weight excluding hydrogens is 494 g/mol. The summed E-state index contributed by atoms with van der Waals surface area (Å²) in [5.41, 5.74) is 4.88. The second kappa shape index (κ2) is 9.96. The molecule has 1 aliphatic rings. The average Bonchev–Trinajstić information content (AvgIpc) is 3.46. The van der Waals surface area contributed by atoms with Gasteiger partial charge in [0.05, 0.1) is 29.3 Å². The Morgan fingerprint density at radius 3 is 2.72 bits per heavy atom. The molecule has 1 fully saturated rings. The number of benzene rings is 3. The summed E-state index contributed by atoms with van der Waals surface area (Å²) in [6.07, 6.45) is 4.20. The number of carbonyl (C=O) groups is 2. The van der Waals surface area contributed by atoms with Crippen molar-refractivity contribution in [1.82, 2.24) is 15.1 Å². The summed E-state index contributed by atoms with van der Waals surface area (Å²) in [4.78, 5) is 26.3. The van der Waals surface area contributed by atoms with Gasteiger partial charge in [-0.3, -0.25) is 14.8 Å². The maximum Gasteiger partial charge on any atom is 0.335 e. The van der Waals surface area contributed by atoms with Gasteiger partial charge in [0.15, 0.2) is 0 Å². The molecule has 0 saturated carbocycles. The van der Waals surface area contributed by atoms with Crippen LogP contribution in [0.4, 0.5) is 0 Å². The second-order valence-corrected chi connectivity index (χ2v) is 9.89. The first-order valence-corrected chi connectivity index (χ1v) is 12.3. The number of aromatic nitrogens is 2. The minimum absolute atomic E-state index is 0.135. The van der Waals surface area contributed by atoms with Gasteiger partial charge in [0.25, 0.3) is 5.91 Å². The van der Waals surface area contributed by atoms with E-state index in [1.807, 2.05) is 42.5 Å². The number of methoxy groups -OCH3 is 1. The fraction of sp³-hybridized carbons (Fsp3) is 0.111. The van der Waals surface area contributed by atoms with E-state index in [1.54, 1.807) is 42.5 Å². The monoisotopic (exact) mass is 515 g/mol. The highest BCUT2D eigenvalue weighted by molar-refractivity contribution is 8.26. The highest BCUT2D eigenvalue weighted by atomic mass is 32.2. The Morgan fingerprint density at radius 1 is 1.17 bits per heavy atom. The number of hydrogen-bond donors (Lipinski definition) is 2. The Balaban J connectivity index is 1.36. The minimum Gasteiger partial charge on any atom is -0.496 e. The number of aromatic carboxylic acids is 1. The number of thioether (sulfide) groups is 1. The zero-order chi connectivity index (χ0) is 25.2. The molecule has 0 bridgehead atoms. The van der Waals surface area contributed by atoms with Gasteiger partial charge >= 0.3 is 5.97 Å². The molecule has 0 unspecified atom stereocenters. The van der Waals surface area contributed by atoms with E-state index in [0.29, 0.717) is 22.2 Å². The van der Waals surface area contributed by atoms with Crippen LogP contribution in [0.3, 0.4) is 0 Å². The van der Waals surface area contributed by atoms with Gasteiger partial charge in [-0.25, -0.2) is 4.79 Å². The molecule has 0 atom stereocenters. The summed E-state index contributed by atoms with van der Waals surface area (Å²) in [6.45, 7) is 0.424. The third-order valence-corrected chi connectivity index (χ3v) is 7.35. The van der Waals surface area contributed by atoms with Crippen LogP contribution in [0.15, 0.2) is 71.8 Å². The van der Waals surface area contributed by atoms with Crippen LogP contribution in [0.25, 0.3) is 28.1 Å². The van der Waals surface area contributed by atoms with Crippen LogP contribution in [0.1, 0.15) is 21.5 Å². The summed E-state index contributed by atoms with van der Waals surface area (Å²) in [5.74, 6) is -0.367. The summed E-state index contributed by atoms with van der Waals surface area (Å²) >= 11 is 6.76. The van der Waals surface area contributed by atoms with E-state index in [0.717, 1.165) is 38.9 Å². The van der Waals surface area contributed by atoms with E-state index < -0.39 is 5.97 Å². The molecule has 1 aliphatic heterocycles. The summed E-state index contributed by atoms with van der Waals surface area (Å²) in [6, 6.07) is 18.5. The molecule has 9 heteroatoms. The maximum absolute atomic E-state index is 13.1. The third-order valence-electron chi connectivity index (χ3n) is 5.97. The standard InChI is InChI=1S/C27H21N3O4S2/c1-34-23-9-4-17(12-21(23)19-7-8-22-20(14-19)15-28-29-22)13-24-25(31)30(27(35)36-24)11-10-16-2-5-18(6-3-16)26(32)33/h2-9,12-15H,10-11H2,1H3,(H,28,29)(H,32,33)/b24-13-. The number of thiocarbonyl (C=S) groups is 1. The lowest BCUT2D eigenvalue weighted by molar-refractivity contribution is -0.122. The fourth-order valence-electron chi connectivity index (χ4n) is 4.05. The Hall–Kier alpha value is -3.95. The number of carbonyl (C=O) groups excluding carboxylic acids is 1. The molecule has 2 N–H and O–H groups in total. The number of aromatic amines is 1. The number of carboxylic acid groups (broad SMARTS) is 1. The lowest BCUT2D eigenvalue weighted by Gasteiger charge is -2.14. The quantitative estimate of drug-likeness (QED) is 0.252. The lowest BCUT2D eigenvalue weighted by Crippen LogP contribution is -2.30. The topological polar surface area (TPSA) is 95.5 Å². The van der Waals surface area contributed by atoms with Crippen LogP contribution >= 0.6 is 24.0 Å². The van der Waals surface area contributed by atoms with Crippen molar-refractivity contribution in [1.29, 1.82) is 0 Å². The van der Waals surface area contributed by atoms with Crippen LogP contribution in [0.5, 0.6) is 5.75 Å². The number of nitrogens with one attached hydrogen (secondary N) is 1. The first-order chi connectivity index (χ1) is 17.4. The van der Waals surface area contributed by atoms with E-state index in [-0.39, 0.29) is 11.5 Å². The Morgan fingerprint density at radius 2 is 1.97 bits per heavy atom. The van der Waals surface area contributed by atoms with Crippen LogP contribution in [-0.4, -0.2) is 50.1 Å². The van der Waals surface area contributed by atoms with E-state index in [9.17, 15) is 9.59 Å². The molecule has 7 nitrogen and oxygen atoms in total. The summed E-state index contributed by atoms with van der Waals surface area (Å²) in [7, 11) is 1.63. The molecule has 0 aliphatic carbocycles. The van der Waals surface area contributed by atoms with Crippen LogP contribution in [-0.2, 0) is 11.2 Å². The molecule has 1 amide bonds. The number of ether oxygens (including phenoxy) is 1. The van der Waals surface area contributed by atoms with Crippen LogP contribution in [0.2, 0.25) is 0 Å².